The zero-order chi connectivity index (χ0) is 18.0. The van der Waals surface area contributed by atoms with Crippen LogP contribution in [0.4, 0.5) is 13.2 Å². The second-order valence-electron chi connectivity index (χ2n) is 5.85. The number of nitrogens with one attached hydrogen (secondary N) is 1. The molecule has 3 aromatic rings. The summed E-state index contributed by atoms with van der Waals surface area (Å²) in [6, 6.07) is 10.1. The normalized spacial score (nSPS) is 11.6. The molecule has 2 aromatic heterocycles. The summed E-state index contributed by atoms with van der Waals surface area (Å²) < 4.78 is 39.3. The fourth-order valence-electron chi connectivity index (χ4n) is 2.83. The van der Waals surface area contributed by atoms with Crippen LogP contribution in [-0.2, 0) is 6.18 Å². The Balaban J connectivity index is 1.76. The summed E-state index contributed by atoms with van der Waals surface area (Å²) in [5, 5.41) is 1.05. The molecule has 0 spiro atoms. The van der Waals surface area contributed by atoms with E-state index in [1.165, 1.54) is 12.3 Å². The molecule has 0 aliphatic carbocycles. The Morgan fingerprint density at radius 1 is 1.00 bits per heavy atom. The number of alkyl halides is 3. The lowest BCUT2D eigenvalue weighted by Crippen LogP contribution is -2.10. The summed E-state index contributed by atoms with van der Waals surface area (Å²) in [5.41, 5.74) is 2.33. The molecule has 0 saturated carbocycles. The van der Waals surface area contributed by atoms with Crippen molar-refractivity contribution in [1.29, 1.82) is 0 Å². The van der Waals surface area contributed by atoms with Crippen LogP contribution >= 0.6 is 0 Å². The third kappa shape index (κ3) is 3.50. The van der Waals surface area contributed by atoms with Gasteiger partial charge in [0.25, 0.3) is 0 Å². The fraction of sp³-hybridized carbons (Fsp3) is 0.150. The van der Waals surface area contributed by atoms with E-state index in [0.29, 0.717) is 18.4 Å². The Bertz CT molecular complexity index is 935. The molecule has 0 atom stereocenters. The van der Waals surface area contributed by atoms with E-state index in [0.717, 1.165) is 28.1 Å². The van der Waals surface area contributed by atoms with Crippen molar-refractivity contribution < 1.29 is 13.2 Å². The van der Waals surface area contributed by atoms with E-state index in [9.17, 15) is 13.2 Å². The zero-order valence-corrected chi connectivity index (χ0v) is 13.5. The molecule has 0 amide bonds. The Morgan fingerprint density at radius 2 is 1.72 bits per heavy atom. The van der Waals surface area contributed by atoms with Gasteiger partial charge in [-0.15, -0.1) is 0 Å². The monoisotopic (exact) mass is 342 g/mol. The summed E-state index contributed by atoms with van der Waals surface area (Å²) in [5.74, 6) is 0. The van der Waals surface area contributed by atoms with Gasteiger partial charge in [-0.3, -0.25) is 4.98 Å². The smallest absolute Gasteiger partial charge is 0.361 e. The van der Waals surface area contributed by atoms with Crippen molar-refractivity contribution in [3.05, 3.63) is 78.8 Å². The van der Waals surface area contributed by atoms with Gasteiger partial charge in [-0.05, 0) is 42.2 Å². The van der Waals surface area contributed by atoms with Crippen molar-refractivity contribution in [3.8, 4) is 0 Å². The first-order valence-electron chi connectivity index (χ1n) is 7.82. The molecular formula is C20H17F3N2. The molecular weight excluding hydrogens is 325 g/mol. The second kappa shape index (κ2) is 6.59. The molecule has 0 aliphatic heterocycles. The van der Waals surface area contributed by atoms with Crippen LogP contribution < -0.4 is 0 Å². The number of H-pyrrole nitrogens is 1. The first kappa shape index (κ1) is 17.0. The topological polar surface area (TPSA) is 28.7 Å². The second-order valence-corrected chi connectivity index (χ2v) is 5.85. The first-order valence-corrected chi connectivity index (χ1v) is 7.82. The number of benzene rings is 1. The van der Waals surface area contributed by atoms with Crippen LogP contribution in [0.1, 0.15) is 29.7 Å². The highest BCUT2D eigenvalue weighted by molar-refractivity contribution is 5.92. The van der Waals surface area contributed by atoms with Gasteiger partial charge in [-0.2, -0.15) is 13.2 Å². The van der Waals surface area contributed by atoms with Crippen LogP contribution in [0.25, 0.3) is 22.0 Å². The van der Waals surface area contributed by atoms with E-state index in [1.807, 2.05) is 30.5 Å². The molecule has 128 valence electrons. The maximum Gasteiger partial charge on any atom is 0.418 e. The molecule has 3 rings (SSSR count). The highest BCUT2D eigenvalue weighted by atomic mass is 19.4. The van der Waals surface area contributed by atoms with Crippen LogP contribution in [0, 0.1) is 0 Å². The lowest BCUT2D eigenvalue weighted by atomic mass is 9.97. The largest absolute Gasteiger partial charge is 0.418 e. The number of hydrogen-bond acceptors (Lipinski definition) is 1. The van der Waals surface area contributed by atoms with E-state index in [-0.39, 0.29) is 5.69 Å². The molecule has 0 fully saturated rings. The number of aromatic amines is 1. The molecule has 0 saturated heterocycles. The van der Waals surface area contributed by atoms with Crippen LogP contribution in [0.15, 0.2) is 61.9 Å². The Morgan fingerprint density at radius 3 is 2.48 bits per heavy atom. The highest BCUT2D eigenvalue weighted by Gasteiger charge is 2.34. The van der Waals surface area contributed by atoms with Gasteiger partial charge in [0.1, 0.15) is 0 Å². The minimum Gasteiger partial charge on any atom is -0.361 e. The minimum atomic E-state index is -4.44. The van der Waals surface area contributed by atoms with Crippen molar-refractivity contribution in [3.63, 3.8) is 0 Å². The molecule has 1 N–H and O–H groups in total. The zero-order valence-electron chi connectivity index (χ0n) is 13.5. The Hall–Kier alpha value is -2.82. The lowest BCUT2D eigenvalue weighted by Gasteiger charge is -2.14. The van der Waals surface area contributed by atoms with Gasteiger partial charge in [0, 0.05) is 28.9 Å². The van der Waals surface area contributed by atoms with Crippen molar-refractivity contribution in [2.24, 2.45) is 0 Å². The molecule has 25 heavy (non-hydrogen) atoms. The van der Waals surface area contributed by atoms with Gasteiger partial charge in [0.2, 0.25) is 0 Å². The van der Waals surface area contributed by atoms with Crippen molar-refractivity contribution in [1.82, 2.24) is 9.97 Å². The fourth-order valence-corrected chi connectivity index (χ4v) is 2.83. The first-order chi connectivity index (χ1) is 11.9. The third-order valence-electron chi connectivity index (χ3n) is 4.15. The molecule has 0 radical (unpaired) electrons. The van der Waals surface area contributed by atoms with Crippen molar-refractivity contribution in [2.45, 2.75) is 19.0 Å². The average Bonchev–Trinajstić information content (AvgIpc) is 3.03. The SMILES string of the molecule is C=C(CCC(=C)c1c[nH]c2ccccc12)c1ncccc1C(F)(F)F. The predicted octanol–water partition coefficient (Wildman–Crippen LogP) is 6.09. The van der Waals surface area contributed by atoms with Crippen LogP contribution in [-0.4, -0.2) is 9.97 Å². The summed E-state index contributed by atoms with van der Waals surface area (Å²) in [4.78, 5) is 7.05. The summed E-state index contributed by atoms with van der Waals surface area (Å²) in [6.45, 7) is 7.88. The number of rotatable bonds is 5. The number of pyridine rings is 1. The van der Waals surface area contributed by atoms with Gasteiger partial charge in [-0.25, -0.2) is 0 Å². The minimum absolute atomic E-state index is 0.0956. The number of fused-ring (bicyclic) bond motifs is 1. The Labute approximate surface area is 143 Å². The molecule has 5 heteroatoms. The van der Waals surface area contributed by atoms with Gasteiger partial charge >= 0.3 is 6.18 Å². The summed E-state index contributed by atoms with van der Waals surface area (Å²) in [7, 11) is 0. The molecule has 0 aliphatic rings. The highest BCUT2D eigenvalue weighted by Crippen LogP contribution is 2.35. The van der Waals surface area contributed by atoms with Gasteiger partial charge in [-0.1, -0.05) is 31.4 Å². The molecule has 2 heterocycles. The lowest BCUT2D eigenvalue weighted by molar-refractivity contribution is -0.138. The van der Waals surface area contributed by atoms with E-state index < -0.39 is 11.7 Å². The summed E-state index contributed by atoms with van der Waals surface area (Å²) >= 11 is 0. The van der Waals surface area contributed by atoms with E-state index in [4.69, 9.17) is 0 Å². The van der Waals surface area contributed by atoms with Crippen molar-refractivity contribution >= 4 is 22.0 Å². The van der Waals surface area contributed by atoms with Crippen LogP contribution in [0.5, 0.6) is 0 Å². The Kier molecular flexibility index (Phi) is 4.49. The number of aromatic nitrogens is 2. The summed E-state index contributed by atoms with van der Waals surface area (Å²) in [6.07, 6.45) is -0.352. The van der Waals surface area contributed by atoms with Crippen LogP contribution in [0.3, 0.4) is 0 Å². The van der Waals surface area contributed by atoms with E-state index in [1.54, 1.807) is 0 Å². The maximum absolute atomic E-state index is 13.1. The van der Waals surface area contributed by atoms with E-state index in [2.05, 4.69) is 23.1 Å². The maximum atomic E-state index is 13.1. The third-order valence-corrected chi connectivity index (χ3v) is 4.15. The molecule has 2 nitrogen and oxygen atoms in total. The molecule has 1 aromatic carbocycles. The van der Waals surface area contributed by atoms with Gasteiger partial charge < -0.3 is 4.98 Å². The van der Waals surface area contributed by atoms with Crippen LogP contribution in [0.2, 0.25) is 0 Å². The quantitative estimate of drug-likeness (QED) is 0.597. The number of hydrogen-bond donors (Lipinski definition) is 1. The average molecular weight is 342 g/mol. The molecule has 0 unspecified atom stereocenters. The predicted molar refractivity (Wildman–Crippen MR) is 94.8 cm³/mol. The number of nitrogens with zero attached hydrogens (tertiary/aromatic N) is 1. The standard InChI is InChI=1S/C20H17F3N2/c1-13(16-12-25-18-8-4-3-6-15(16)18)9-10-14(2)19-17(20(21,22)23)7-5-11-24-19/h3-8,11-12,25H,1-2,9-10H2. The van der Waals surface area contributed by atoms with Gasteiger partial charge in [0.05, 0.1) is 11.3 Å². The number of para-hydroxylation sites is 1. The molecule has 0 bridgehead atoms. The van der Waals surface area contributed by atoms with E-state index >= 15 is 0 Å². The van der Waals surface area contributed by atoms with Gasteiger partial charge in [0.15, 0.2) is 0 Å². The van der Waals surface area contributed by atoms with Crippen molar-refractivity contribution in [2.75, 3.05) is 0 Å². The number of halogens is 3. The number of allylic oxidation sites excluding steroid dienone is 2.